The van der Waals surface area contributed by atoms with Crippen LogP contribution in [0.5, 0.6) is 5.75 Å². The van der Waals surface area contributed by atoms with Crippen LogP contribution in [0, 0.1) is 5.92 Å². The van der Waals surface area contributed by atoms with Crippen LogP contribution in [-0.2, 0) is 10.0 Å². The van der Waals surface area contributed by atoms with Gasteiger partial charge in [0.25, 0.3) is 0 Å². The molecule has 1 aliphatic heterocycles. The van der Waals surface area contributed by atoms with Crippen LogP contribution >= 0.6 is 12.4 Å². The highest BCUT2D eigenvalue weighted by molar-refractivity contribution is 7.89. The summed E-state index contributed by atoms with van der Waals surface area (Å²) in [4.78, 5) is 2.51. The first-order valence-corrected chi connectivity index (χ1v) is 9.16. The molecular weight excluding hydrogens is 338 g/mol. The minimum Gasteiger partial charge on any atom is -0.492 e. The largest absolute Gasteiger partial charge is 0.492 e. The highest BCUT2D eigenvalue weighted by atomic mass is 35.5. The van der Waals surface area contributed by atoms with Gasteiger partial charge in [0, 0.05) is 6.54 Å². The Hall–Kier alpha value is -0.860. The van der Waals surface area contributed by atoms with Crippen LogP contribution < -0.4 is 15.2 Å². The maximum absolute atomic E-state index is 11.2. The molecule has 0 aromatic heterocycles. The van der Waals surface area contributed by atoms with E-state index in [0.717, 1.165) is 32.1 Å². The fourth-order valence-electron chi connectivity index (χ4n) is 2.72. The molecule has 0 aliphatic carbocycles. The summed E-state index contributed by atoms with van der Waals surface area (Å²) in [7, 11) is -1.63. The predicted molar refractivity (Wildman–Crippen MR) is 93.6 cm³/mol. The number of halogens is 1. The molecule has 0 saturated carbocycles. The Balaban J connectivity index is 0.00000264. The fraction of sp³-hybridized carbons (Fsp3) is 0.600. The van der Waals surface area contributed by atoms with Crippen LogP contribution in [0.2, 0.25) is 0 Å². The van der Waals surface area contributed by atoms with Gasteiger partial charge in [-0.05, 0) is 69.7 Å². The number of benzene rings is 1. The van der Waals surface area contributed by atoms with Gasteiger partial charge in [0.2, 0.25) is 10.0 Å². The zero-order valence-electron chi connectivity index (χ0n) is 13.4. The molecule has 23 heavy (non-hydrogen) atoms. The molecule has 0 unspecified atom stereocenters. The Morgan fingerprint density at radius 1 is 1.26 bits per heavy atom. The number of piperidine rings is 1. The summed E-state index contributed by atoms with van der Waals surface area (Å²) in [5.74, 6) is 1.45. The van der Waals surface area contributed by atoms with E-state index >= 15 is 0 Å². The number of nitrogens with zero attached hydrogens (tertiary/aromatic N) is 1. The molecule has 1 fully saturated rings. The van der Waals surface area contributed by atoms with E-state index in [1.807, 2.05) is 7.05 Å². The number of sulfonamides is 1. The average molecular weight is 364 g/mol. The van der Waals surface area contributed by atoms with E-state index in [2.05, 4.69) is 10.2 Å². The van der Waals surface area contributed by atoms with Crippen molar-refractivity contribution < 1.29 is 13.2 Å². The Morgan fingerprint density at radius 2 is 1.87 bits per heavy atom. The van der Waals surface area contributed by atoms with E-state index in [1.54, 1.807) is 12.1 Å². The Bertz CT molecular complexity index is 558. The summed E-state index contributed by atoms with van der Waals surface area (Å²) >= 11 is 0. The molecule has 1 heterocycles. The average Bonchev–Trinajstić information content (AvgIpc) is 2.49. The second kappa shape index (κ2) is 9.44. The third-order valence-corrected chi connectivity index (χ3v) is 4.96. The summed E-state index contributed by atoms with van der Waals surface area (Å²) in [6.07, 6.45) is 2.45. The first kappa shape index (κ1) is 20.2. The number of primary sulfonamides is 1. The van der Waals surface area contributed by atoms with Crippen molar-refractivity contribution in [3.05, 3.63) is 24.3 Å². The van der Waals surface area contributed by atoms with Gasteiger partial charge in [-0.25, -0.2) is 13.6 Å². The summed E-state index contributed by atoms with van der Waals surface area (Å²) in [5, 5.41) is 8.29. The molecule has 6 nitrogen and oxygen atoms in total. The molecule has 0 radical (unpaired) electrons. The molecule has 2 rings (SSSR count). The summed E-state index contributed by atoms with van der Waals surface area (Å²) in [5.41, 5.74) is 0. The van der Waals surface area contributed by atoms with E-state index in [4.69, 9.17) is 9.88 Å². The summed E-state index contributed by atoms with van der Waals surface area (Å²) < 4.78 is 28.0. The lowest BCUT2D eigenvalue weighted by molar-refractivity contribution is 0.155. The van der Waals surface area contributed by atoms with Crippen molar-refractivity contribution in [2.75, 3.05) is 39.8 Å². The third-order valence-electron chi connectivity index (χ3n) is 4.03. The number of nitrogens with one attached hydrogen (secondary N) is 1. The number of likely N-dealkylation sites (tertiary alicyclic amines) is 1. The molecule has 0 amide bonds. The number of ether oxygens (including phenoxy) is 1. The Labute approximate surface area is 144 Å². The van der Waals surface area contributed by atoms with Gasteiger partial charge >= 0.3 is 0 Å². The molecule has 1 aromatic carbocycles. The maximum atomic E-state index is 11.2. The molecular formula is C15H26ClN3O3S. The lowest BCUT2D eigenvalue weighted by atomic mass is 9.97. The molecule has 0 atom stereocenters. The fourth-order valence-corrected chi connectivity index (χ4v) is 3.24. The second-order valence-corrected chi connectivity index (χ2v) is 7.27. The van der Waals surface area contributed by atoms with E-state index in [1.165, 1.54) is 25.0 Å². The minimum atomic E-state index is -3.64. The van der Waals surface area contributed by atoms with Crippen LogP contribution in [0.4, 0.5) is 0 Å². The number of rotatable bonds is 7. The van der Waals surface area contributed by atoms with Crippen LogP contribution in [0.3, 0.4) is 0 Å². The van der Waals surface area contributed by atoms with Gasteiger partial charge in [-0.2, -0.15) is 0 Å². The van der Waals surface area contributed by atoms with Gasteiger partial charge in [0.1, 0.15) is 12.4 Å². The van der Waals surface area contributed by atoms with Crippen LogP contribution in [0.15, 0.2) is 29.2 Å². The molecule has 132 valence electrons. The first-order valence-electron chi connectivity index (χ1n) is 7.61. The smallest absolute Gasteiger partial charge is 0.238 e. The number of hydrogen-bond donors (Lipinski definition) is 2. The van der Waals surface area contributed by atoms with Gasteiger partial charge in [0.05, 0.1) is 4.90 Å². The minimum absolute atomic E-state index is 0. The van der Waals surface area contributed by atoms with Crippen molar-refractivity contribution in [1.82, 2.24) is 10.2 Å². The number of hydrogen-bond acceptors (Lipinski definition) is 5. The van der Waals surface area contributed by atoms with E-state index < -0.39 is 10.0 Å². The van der Waals surface area contributed by atoms with Gasteiger partial charge in [-0.3, -0.25) is 4.90 Å². The predicted octanol–water partition coefficient (Wildman–Crippen LogP) is 1.07. The first-order chi connectivity index (χ1) is 10.5. The summed E-state index contributed by atoms with van der Waals surface area (Å²) in [6, 6.07) is 6.21. The van der Waals surface area contributed by atoms with Crippen LogP contribution in [0.25, 0.3) is 0 Å². The quantitative estimate of drug-likeness (QED) is 0.756. The highest BCUT2D eigenvalue weighted by Gasteiger charge is 2.18. The maximum Gasteiger partial charge on any atom is 0.238 e. The van der Waals surface area contributed by atoms with Crippen molar-refractivity contribution in [2.24, 2.45) is 11.1 Å². The van der Waals surface area contributed by atoms with Gasteiger partial charge in [0.15, 0.2) is 0 Å². The van der Waals surface area contributed by atoms with Crippen LogP contribution in [-0.4, -0.2) is 53.2 Å². The monoisotopic (exact) mass is 363 g/mol. The standard InChI is InChI=1S/C15H25N3O3S.ClH/c1-17-12-13-6-8-18(9-7-13)10-11-21-14-2-4-15(5-3-14)22(16,19)20;/h2-5,13,17H,6-12H2,1H3,(H2,16,19,20);1H. The van der Waals surface area contributed by atoms with Crippen molar-refractivity contribution in [3.63, 3.8) is 0 Å². The molecule has 1 aliphatic rings. The molecule has 3 N–H and O–H groups in total. The Kier molecular flexibility index (Phi) is 8.28. The van der Waals surface area contributed by atoms with Crippen molar-refractivity contribution >= 4 is 22.4 Å². The molecule has 8 heteroatoms. The lowest BCUT2D eigenvalue weighted by Crippen LogP contribution is -2.38. The van der Waals surface area contributed by atoms with Crippen molar-refractivity contribution in [3.8, 4) is 5.75 Å². The van der Waals surface area contributed by atoms with E-state index in [0.29, 0.717) is 12.4 Å². The van der Waals surface area contributed by atoms with Crippen LogP contribution in [0.1, 0.15) is 12.8 Å². The lowest BCUT2D eigenvalue weighted by Gasteiger charge is -2.31. The Morgan fingerprint density at radius 3 is 2.39 bits per heavy atom. The molecule has 1 aromatic rings. The van der Waals surface area contributed by atoms with Gasteiger partial charge < -0.3 is 10.1 Å². The normalized spacial score (nSPS) is 16.8. The number of nitrogens with two attached hydrogens (primary N) is 1. The summed E-state index contributed by atoms with van der Waals surface area (Å²) in [6.45, 7) is 4.81. The molecule has 0 bridgehead atoms. The topological polar surface area (TPSA) is 84.7 Å². The van der Waals surface area contributed by atoms with E-state index in [-0.39, 0.29) is 17.3 Å². The van der Waals surface area contributed by atoms with Crippen molar-refractivity contribution in [2.45, 2.75) is 17.7 Å². The van der Waals surface area contributed by atoms with E-state index in [9.17, 15) is 8.42 Å². The zero-order chi connectivity index (χ0) is 16.0. The molecule has 0 spiro atoms. The highest BCUT2D eigenvalue weighted by Crippen LogP contribution is 2.17. The molecule has 1 saturated heterocycles. The third kappa shape index (κ3) is 6.64. The van der Waals surface area contributed by atoms with Gasteiger partial charge in [-0.1, -0.05) is 0 Å². The zero-order valence-corrected chi connectivity index (χ0v) is 15.0. The van der Waals surface area contributed by atoms with Crippen molar-refractivity contribution in [1.29, 1.82) is 0 Å². The SMILES string of the molecule is CNCC1CCN(CCOc2ccc(S(N)(=O)=O)cc2)CC1.Cl. The van der Waals surface area contributed by atoms with Gasteiger partial charge in [-0.15, -0.1) is 12.4 Å². The second-order valence-electron chi connectivity index (χ2n) is 5.71.